The van der Waals surface area contributed by atoms with Crippen molar-refractivity contribution in [2.75, 3.05) is 11.9 Å². The number of nitrogens with zero attached hydrogens (tertiary/aromatic N) is 2. The van der Waals surface area contributed by atoms with Crippen LogP contribution >= 0.6 is 0 Å². The lowest BCUT2D eigenvalue weighted by molar-refractivity contribution is -0.116. The molecule has 1 rings (SSSR count). The fourth-order valence-electron chi connectivity index (χ4n) is 1.38. The molecule has 2 N–H and O–H groups in total. The van der Waals surface area contributed by atoms with E-state index in [1.54, 1.807) is 6.20 Å². The summed E-state index contributed by atoms with van der Waals surface area (Å²) >= 11 is 0. The number of amides is 1. The van der Waals surface area contributed by atoms with Crippen molar-refractivity contribution in [3.05, 3.63) is 12.4 Å². The van der Waals surface area contributed by atoms with Gasteiger partial charge in [-0.05, 0) is 13.8 Å². The molecule has 0 radical (unpaired) electrons. The quantitative estimate of drug-likeness (QED) is 0.794. The van der Waals surface area contributed by atoms with Crippen molar-refractivity contribution in [2.45, 2.75) is 46.2 Å². The fraction of sp³-hybridized carbons (Fsp3) is 0.667. The van der Waals surface area contributed by atoms with Crippen molar-refractivity contribution in [3.8, 4) is 0 Å². The summed E-state index contributed by atoms with van der Waals surface area (Å²) in [4.78, 5) is 11.6. The molecular formula is C12H22N4O. The van der Waals surface area contributed by atoms with Gasteiger partial charge in [-0.3, -0.25) is 9.48 Å². The molecule has 0 atom stereocenters. The molecule has 0 bridgehead atoms. The van der Waals surface area contributed by atoms with E-state index in [2.05, 4.69) is 29.6 Å². The average Bonchev–Trinajstić information content (AvgIpc) is 2.65. The Labute approximate surface area is 103 Å². The summed E-state index contributed by atoms with van der Waals surface area (Å²) in [6.07, 6.45) is 4.00. The maximum Gasteiger partial charge on any atom is 0.225 e. The highest BCUT2D eigenvalue weighted by Gasteiger charge is 2.05. The summed E-state index contributed by atoms with van der Waals surface area (Å²) < 4.78 is 1.82. The van der Waals surface area contributed by atoms with E-state index < -0.39 is 0 Å². The molecule has 5 nitrogen and oxygen atoms in total. The molecule has 0 fully saturated rings. The van der Waals surface area contributed by atoms with E-state index in [4.69, 9.17) is 0 Å². The molecule has 17 heavy (non-hydrogen) atoms. The van der Waals surface area contributed by atoms with E-state index in [9.17, 15) is 4.79 Å². The monoisotopic (exact) mass is 238 g/mol. The summed E-state index contributed by atoms with van der Waals surface area (Å²) in [5.74, 6) is 0.0152. The van der Waals surface area contributed by atoms with Gasteiger partial charge in [0.05, 0.1) is 11.9 Å². The molecule has 0 aliphatic heterocycles. The third-order valence-corrected chi connectivity index (χ3v) is 2.32. The molecular weight excluding hydrogens is 216 g/mol. The second-order valence-electron chi connectivity index (χ2n) is 4.71. The van der Waals surface area contributed by atoms with Crippen molar-refractivity contribution >= 4 is 11.6 Å². The molecule has 5 heteroatoms. The third kappa shape index (κ3) is 4.99. The van der Waals surface area contributed by atoms with E-state index in [-0.39, 0.29) is 5.91 Å². The van der Waals surface area contributed by atoms with Crippen molar-refractivity contribution in [1.29, 1.82) is 0 Å². The smallest absolute Gasteiger partial charge is 0.225 e. The van der Waals surface area contributed by atoms with Crippen LogP contribution in [-0.4, -0.2) is 28.3 Å². The number of anilines is 1. The molecule has 96 valence electrons. The van der Waals surface area contributed by atoms with Crippen LogP contribution in [0.5, 0.6) is 0 Å². The Morgan fingerprint density at radius 3 is 2.65 bits per heavy atom. The zero-order chi connectivity index (χ0) is 12.8. The first-order valence-electron chi connectivity index (χ1n) is 6.06. The molecule has 1 amide bonds. The first-order valence-corrected chi connectivity index (χ1v) is 6.06. The molecule has 0 spiro atoms. The van der Waals surface area contributed by atoms with Gasteiger partial charge < -0.3 is 10.6 Å². The topological polar surface area (TPSA) is 59.0 Å². The summed E-state index contributed by atoms with van der Waals surface area (Å²) in [5.41, 5.74) is 0.758. The lowest BCUT2D eigenvalue weighted by Crippen LogP contribution is -2.27. The largest absolute Gasteiger partial charge is 0.323 e. The first-order chi connectivity index (χ1) is 7.99. The molecule has 0 saturated carbocycles. The minimum atomic E-state index is 0.0152. The van der Waals surface area contributed by atoms with E-state index in [0.717, 1.165) is 5.69 Å². The maximum atomic E-state index is 11.6. The number of nitrogens with one attached hydrogen (secondary N) is 2. The first kappa shape index (κ1) is 13.7. The van der Waals surface area contributed by atoms with Crippen LogP contribution < -0.4 is 10.6 Å². The Morgan fingerprint density at radius 2 is 2.12 bits per heavy atom. The van der Waals surface area contributed by atoms with Crippen LogP contribution in [0.1, 0.15) is 40.2 Å². The molecule has 1 aromatic heterocycles. The Balaban J connectivity index is 2.34. The minimum Gasteiger partial charge on any atom is -0.323 e. The van der Waals surface area contributed by atoms with Gasteiger partial charge in [-0.25, -0.2) is 0 Å². The highest BCUT2D eigenvalue weighted by molar-refractivity contribution is 5.90. The van der Waals surface area contributed by atoms with Crippen LogP contribution in [-0.2, 0) is 4.79 Å². The van der Waals surface area contributed by atoms with Gasteiger partial charge in [0.15, 0.2) is 0 Å². The van der Waals surface area contributed by atoms with Crippen LogP contribution in [0.2, 0.25) is 0 Å². The van der Waals surface area contributed by atoms with Crippen molar-refractivity contribution in [3.63, 3.8) is 0 Å². The lowest BCUT2D eigenvalue weighted by Gasteiger charge is -2.07. The normalized spacial score (nSPS) is 11.2. The number of aromatic nitrogens is 2. The van der Waals surface area contributed by atoms with Crippen LogP contribution in [0.25, 0.3) is 0 Å². The van der Waals surface area contributed by atoms with E-state index in [0.29, 0.717) is 25.0 Å². The number of hydrogen-bond donors (Lipinski definition) is 2. The average molecular weight is 238 g/mol. The van der Waals surface area contributed by atoms with Gasteiger partial charge in [0.25, 0.3) is 0 Å². The zero-order valence-electron chi connectivity index (χ0n) is 11.0. The SMILES string of the molecule is CC(C)NCCC(=O)Nc1cnn(C(C)C)c1. The molecule has 0 aliphatic carbocycles. The van der Waals surface area contributed by atoms with Gasteiger partial charge in [0, 0.05) is 31.2 Å². The summed E-state index contributed by atoms with van der Waals surface area (Å²) in [7, 11) is 0. The molecule has 1 aromatic rings. The van der Waals surface area contributed by atoms with Crippen molar-refractivity contribution < 1.29 is 4.79 Å². The standard InChI is InChI=1S/C12H22N4O/c1-9(2)13-6-5-12(17)15-11-7-14-16(8-11)10(3)4/h7-10,13H,5-6H2,1-4H3,(H,15,17). The number of carbonyl (C=O) groups is 1. The van der Waals surface area contributed by atoms with Crippen LogP contribution in [0.3, 0.4) is 0 Å². The highest BCUT2D eigenvalue weighted by atomic mass is 16.1. The van der Waals surface area contributed by atoms with E-state index >= 15 is 0 Å². The predicted molar refractivity (Wildman–Crippen MR) is 69.0 cm³/mol. The molecule has 1 heterocycles. The highest BCUT2D eigenvalue weighted by Crippen LogP contribution is 2.09. The molecule has 0 aliphatic rings. The van der Waals surface area contributed by atoms with Gasteiger partial charge in [-0.1, -0.05) is 13.8 Å². The maximum absolute atomic E-state index is 11.6. The van der Waals surface area contributed by atoms with E-state index in [1.807, 2.05) is 24.7 Å². The molecule has 0 unspecified atom stereocenters. The fourth-order valence-corrected chi connectivity index (χ4v) is 1.38. The summed E-state index contributed by atoms with van der Waals surface area (Å²) in [5, 5.41) is 10.2. The Bertz CT molecular complexity index is 357. The zero-order valence-corrected chi connectivity index (χ0v) is 11.0. The van der Waals surface area contributed by atoms with Crippen LogP contribution in [0.15, 0.2) is 12.4 Å². The van der Waals surface area contributed by atoms with Crippen LogP contribution in [0, 0.1) is 0 Å². The second-order valence-corrected chi connectivity index (χ2v) is 4.71. The summed E-state index contributed by atoms with van der Waals surface area (Å²) in [6, 6.07) is 0.717. The van der Waals surface area contributed by atoms with Gasteiger partial charge >= 0.3 is 0 Å². The third-order valence-electron chi connectivity index (χ3n) is 2.32. The predicted octanol–water partition coefficient (Wildman–Crippen LogP) is 1.79. The molecule has 0 aromatic carbocycles. The molecule has 0 saturated heterocycles. The van der Waals surface area contributed by atoms with Gasteiger partial charge in [-0.2, -0.15) is 5.10 Å². The van der Waals surface area contributed by atoms with Crippen molar-refractivity contribution in [2.24, 2.45) is 0 Å². The van der Waals surface area contributed by atoms with Gasteiger partial charge in [0.2, 0.25) is 5.91 Å². The van der Waals surface area contributed by atoms with Crippen LogP contribution in [0.4, 0.5) is 5.69 Å². The second kappa shape index (κ2) is 6.39. The minimum absolute atomic E-state index is 0.0152. The number of rotatable bonds is 6. The Hall–Kier alpha value is -1.36. The lowest BCUT2D eigenvalue weighted by atomic mass is 10.3. The summed E-state index contributed by atoms with van der Waals surface area (Å²) in [6.45, 7) is 8.91. The Kier molecular flexibility index (Phi) is 5.15. The number of carbonyl (C=O) groups excluding carboxylic acids is 1. The Morgan fingerprint density at radius 1 is 1.41 bits per heavy atom. The van der Waals surface area contributed by atoms with Gasteiger partial charge in [-0.15, -0.1) is 0 Å². The van der Waals surface area contributed by atoms with E-state index in [1.165, 1.54) is 0 Å². The number of hydrogen-bond acceptors (Lipinski definition) is 3. The van der Waals surface area contributed by atoms with Crippen molar-refractivity contribution in [1.82, 2.24) is 15.1 Å². The van der Waals surface area contributed by atoms with Gasteiger partial charge in [0.1, 0.15) is 0 Å².